The molecule has 0 saturated carbocycles. The third-order valence-corrected chi connectivity index (χ3v) is 4.07. The van der Waals surface area contributed by atoms with Crippen molar-refractivity contribution in [2.24, 2.45) is 0 Å². The summed E-state index contributed by atoms with van der Waals surface area (Å²) in [6, 6.07) is 6.45. The maximum atomic E-state index is 13.7. The number of H-pyrrole nitrogens is 1. The lowest BCUT2D eigenvalue weighted by atomic mass is 10.2. The van der Waals surface area contributed by atoms with Crippen molar-refractivity contribution in [2.75, 3.05) is 0 Å². The van der Waals surface area contributed by atoms with Crippen molar-refractivity contribution in [3.63, 3.8) is 0 Å². The van der Waals surface area contributed by atoms with Crippen molar-refractivity contribution in [3.05, 3.63) is 56.2 Å². The summed E-state index contributed by atoms with van der Waals surface area (Å²) in [6.45, 7) is 2.03. The average Bonchev–Trinajstić information content (AvgIpc) is 2.37. The molecule has 0 fully saturated rings. The van der Waals surface area contributed by atoms with E-state index in [0.717, 1.165) is 18.5 Å². The Hall–Kier alpha value is -1.14. The second kappa shape index (κ2) is 7.04. The number of rotatable bonds is 5. The van der Waals surface area contributed by atoms with Gasteiger partial charge in [0.05, 0.1) is 0 Å². The molecule has 6 heteroatoms. The first kappa shape index (κ1) is 15.3. The highest BCUT2D eigenvalue weighted by atomic mass is 79.9. The molecule has 106 valence electrons. The topological polar surface area (TPSA) is 45.8 Å². The lowest BCUT2D eigenvalue weighted by Crippen LogP contribution is -2.10. The SMILES string of the molecule is CCCc1cc(=O)[nH]c(SCc2ccc(Br)cc2F)n1. The number of benzene rings is 1. The van der Waals surface area contributed by atoms with E-state index in [0.29, 0.717) is 20.9 Å². The summed E-state index contributed by atoms with van der Waals surface area (Å²) in [5.74, 6) is 0.163. The molecule has 0 atom stereocenters. The number of hydrogen-bond donors (Lipinski definition) is 1. The molecule has 0 unspecified atom stereocenters. The minimum absolute atomic E-state index is 0.165. The number of halogens is 2. The first-order valence-electron chi connectivity index (χ1n) is 6.25. The van der Waals surface area contributed by atoms with Crippen LogP contribution in [0.2, 0.25) is 0 Å². The van der Waals surface area contributed by atoms with Crippen LogP contribution in [0.3, 0.4) is 0 Å². The summed E-state index contributed by atoms with van der Waals surface area (Å²) in [5, 5.41) is 0.531. The van der Waals surface area contributed by atoms with Crippen molar-refractivity contribution < 1.29 is 4.39 Å². The molecule has 0 aliphatic heterocycles. The van der Waals surface area contributed by atoms with E-state index < -0.39 is 0 Å². The molecule has 0 aliphatic carbocycles. The fourth-order valence-electron chi connectivity index (χ4n) is 1.72. The van der Waals surface area contributed by atoms with E-state index >= 15 is 0 Å². The minimum Gasteiger partial charge on any atom is -0.301 e. The van der Waals surface area contributed by atoms with Crippen molar-refractivity contribution >= 4 is 27.7 Å². The van der Waals surface area contributed by atoms with E-state index in [1.165, 1.54) is 23.9 Å². The zero-order valence-corrected chi connectivity index (χ0v) is 13.4. The second-order valence-corrected chi connectivity index (χ2v) is 6.20. The minimum atomic E-state index is -0.265. The summed E-state index contributed by atoms with van der Waals surface area (Å²) in [5.41, 5.74) is 1.19. The largest absolute Gasteiger partial charge is 0.301 e. The van der Waals surface area contributed by atoms with Crippen LogP contribution in [-0.4, -0.2) is 9.97 Å². The maximum absolute atomic E-state index is 13.7. The summed E-state index contributed by atoms with van der Waals surface area (Å²) in [4.78, 5) is 18.6. The van der Waals surface area contributed by atoms with Crippen LogP contribution in [0.4, 0.5) is 4.39 Å². The van der Waals surface area contributed by atoms with Gasteiger partial charge in [-0.2, -0.15) is 0 Å². The number of thioether (sulfide) groups is 1. The van der Waals surface area contributed by atoms with Crippen molar-refractivity contribution in [3.8, 4) is 0 Å². The third kappa shape index (κ3) is 4.18. The lowest BCUT2D eigenvalue weighted by molar-refractivity contribution is 0.616. The zero-order chi connectivity index (χ0) is 14.5. The second-order valence-electron chi connectivity index (χ2n) is 4.32. The molecule has 1 aromatic heterocycles. The molecule has 0 saturated heterocycles. The maximum Gasteiger partial charge on any atom is 0.251 e. The molecule has 2 aromatic rings. The van der Waals surface area contributed by atoms with Gasteiger partial charge in [0.15, 0.2) is 5.16 Å². The van der Waals surface area contributed by atoms with Crippen LogP contribution in [0.25, 0.3) is 0 Å². The molecule has 1 N–H and O–H groups in total. The van der Waals surface area contributed by atoms with E-state index in [4.69, 9.17) is 0 Å². The number of nitrogens with one attached hydrogen (secondary N) is 1. The number of aromatic amines is 1. The highest BCUT2D eigenvalue weighted by Crippen LogP contribution is 2.22. The van der Waals surface area contributed by atoms with Gasteiger partial charge in [0, 0.05) is 22.0 Å². The Kier molecular flexibility index (Phi) is 5.37. The van der Waals surface area contributed by atoms with Gasteiger partial charge in [-0.05, 0) is 24.1 Å². The molecule has 2 rings (SSSR count). The number of nitrogens with zero attached hydrogens (tertiary/aromatic N) is 1. The van der Waals surface area contributed by atoms with Crippen molar-refractivity contribution in [2.45, 2.75) is 30.7 Å². The van der Waals surface area contributed by atoms with Gasteiger partial charge >= 0.3 is 0 Å². The first-order chi connectivity index (χ1) is 9.58. The highest BCUT2D eigenvalue weighted by Gasteiger charge is 2.06. The molecule has 20 heavy (non-hydrogen) atoms. The van der Waals surface area contributed by atoms with Crippen LogP contribution in [-0.2, 0) is 12.2 Å². The quantitative estimate of drug-likeness (QED) is 0.652. The number of aryl methyl sites for hydroxylation is 1. The molecule has 0 amide bonds. The van der Waals surface area contributed by atoms with Gasteiger partial charge in [-0.3, -0.25) is 4.79 Å². The monoisotopic (exact) mass is 356 g/mol. The van der Waals surface area contributed by atoms with E-state index in [2.05, 4.69) is 25.9 Å². The summed E-state index contributed by atoms with van der Waals surface area (Å²) < 4.78 is 14.4. The van der Waals surface area contributed by atoms with E-state index in [9.17, 15) is 9.18 Å². The van der Waals surface area contributed by atoms with Gasteiger partial charge in [-0.1, -0.05) is 47.1 Å². The van der Waals surface area contributed by atoms with Crippen LogP contribution in [0, 0.1) is 5.82 Å². The molecule has 0 radical (unpaired) electrons. The van der Waals surface area contributed by atoms with E-state index in [1.54, 1.807) is 12.1 Å². The van der Waals surface area contributed by atoms with Crippen LogP contribution in [0.15, 0.2) is 38.7 Å². The first-order valence-corrected chi connectivity index (χ1v) is 8.03. The van der Waals surface area contributed by atoms with Crippen LogP contribution >= 0.6 is 27.7 Å². The Morgan fingerprint density at radius 3 is 2.90 bits per heavy atom. The Morgan fingerprint density at radius 1 is 1.40 bits per heavy atom. The Balaban J connectivity index is 2.12. The molecular formula is C14H14BrFN2OS. The highest BCUT2D eigenvalue weighted by molar-refractivity contribution is 9.10. The van der Waals surface area contributed by atoms with Crippen molar-refractivity contribution in [1.82, 2.24) is 9.97 Å². The summed E-state index contributed by atoms with van der Waals surface area (Å²) >= 11 is 4.55. The Bertz CT molecular complexity index is 660. The Morgan fingerprint density at radius 2 is 2.20 bits per heavy atom. The number of aromatic nitrogens is 2. The molecule has 0 aliphatic rings. The van der Waals surface area contributed by atoms with E-state index in [1.807, 2.05) is 6.92 Å². The lowest BCUT2D eigenvalue weighted by Gasteiger charge is -2.05. The average molecular weight is 357 g/mol. The summed E-state index contributed by atoms with van der Waals surface area (Å²) in [6.07, 6.45) is 1.70. The zero-order valence-electron chi connectivity index (χ0n) is 11.0. The van der Waals surface area contributed by atoms with Gasteiger partial charge in [-0.15, -0.1) is 0 Å². The molecular weight excluding hydrogens is 343 g/mol. The van der Waals surface area contributed by atoms with Gasteiger partial charge in [-0.25, -0.2) is 9.37 Å². The van der Waals surface area contributed by atoms with Gasteiger partial charge in [0.25, 0.3) is 5.56 Å². The van der Waals surface area contributed by atoms with Gasteiger partial charge in [0.2, 0.25) is 0 Å². The van der Waals surface area contributed by atoms with Crippen LogP contribution in [0.1, 0.15) is 24.6 Å². The fraction of sp³-hybridized carbons (Fsp3) is 0.286. The van der Waals surface area contributed by atoms with Crippen molar-refractivity contribution in [1.29, 1.82) is 0 Å². The molecule has 0 spiro atoms. The molecule has 1 heterocycles. The smallest absolute Gasteiger partial charge is 0.251 e. The number of hydrogen-bond acceptors (Lipinski definition) is 3. The van der Waals surface area contributed by atoms with Crippen LogP contribution in [0.5, 0.6) is 0 Å². The molecule has 1 aromatic carbocycles. The normalized spacial score (nSPS) is 10.8. The summed E-state index contributed by atoms with van der Waals surface area (Å²) in [7, 11) is 0. The Labute approximate surface area is 129 Å². The fourth-order valence-corrected chi connectivity index (χ4v) is 2.93. The predicted molar refractivity (Wildman–Crippen MR) is 82.5 cm³/mol. The van der Waals surface area contributed by atoms with Gasteiger partial charge < -0.3 is 4.98 Å². The molecule has 0 bridgehead atoms. The van der Waals surface area contributed by atoms with Crippen LogP contribution < -0.4 is 5.56 Å². The van der Waals surface area contributed by atoms with Gasteiger partial charge in [0.1, 0.15) is 5.82 Å². The van der Waals surface area contributed by atoms with E-state index in [-0.39, 0.29) is 11.4 Å². The predicted octanol–water partition coefficient (Wildman–Crippen LogP) is 3.92. The standard InChI is InChI=1S/C14H14BrFN2OS/c1-2-3-11-7-13(19)18-14(17-11)20-8-9-4-5-10(15)6-12(9)16/h4-7H,2-3,8H2,1H3,(H,17,18,19). The third-order valence-electron chi connectivity index (χ3n) is 2.66. The molecule has 3 nitrogen and oxygen atoms in total.